The van der Waals surface area contributed by atoms with Crippen molar-refractivity contribution in [1.29, 1.82) is 5.41 Å². The third kappa shape index (κ3) is 4.22. The molecule has 0 fully saturated rings. The Hall–Kier alpha value is -3.28. The van der Waals surface area contributed by atoms with Crippen molar-refractivity contribution in [3.8, 4) is 5.75 Å². The van der Waals surface area contributed by atoms with Crippen molar-refractivity contribution in [2.45, 2.75) is 20.3 Å². The fourth-order valence-corrected chi connectivity index (χ4v) is 2.58. The number of aryl methyl sites for hydroxylation is 2. The lowest BCUT2D eigenvalue weighted by atomic mass is 10.1. The molecule has 0 saturated heterocycles. The largest absolute Gasteiger partial charge is 0.507 e. The zero-order valence-electron chi connectivity index (χ0n) is 14.8. The normalized spacial score (nSPS) is 11.2. The Balaban J connectivity index is 1.61. The lowest BCUT2D eigenvalue weighted by Gasteiger charge is -2.08. The molecule has 26 heavy (non-hydrogen) atoms. The summed E-state index contributed by atoms with van der Waals surface area (Å²) in [5, 5.41) is 21.7. The molecular formula is C20H21N5O. The Bertz CT molecular complexity index is 981. The van der Waals surface area contributed by atoms with Gasteiger partial charge in [-0.15, -0.1) is 0 Å². The van der Waals surface area contributed by atoms with Gasteiger partial charge >= 0.3 is 0 Å². The van der Waals surface area contributed by atoms with Gasteiger partial charge < -0.3 is 10.4 Å². The van der Waals surface area contributed by atoms with Crippen LogP contribution in [0.3, 0.4) is 0 Å². The average molecular weight is 347 g/mol. The molecule has 0 aliphatic rings. The second-order valence-electron chi connectivity index (χ2n) is 6.10. The van der Waals surface area contributed by atoms with E-state index in [1.807, 2.05) is 32.0 Å². The van der Waals surface area contributed by atoms with Crippen LogP contribution in [0.15, 0.2) is 47.5 Å². The maximum Gasteiger partial charge on any atom is 0.228 e. The van der Waals surface area contributed by atoms with Crippen molar-refractivity contribution < 1.29 is 5.11 Å². The minimum absolute atomic E-state index is 0.194. The number of para-hydroxylation sites is 1. The molecule has 0 spiro atoms. The smallest absolute Gasteiger partial charge is 0.228 e. The van der Waals surface area contributed by atoms with E-state index < -0.39 is 0 Å². The second-order valence-corrected chi connectivity index (χ2v) is 6.10. The van der Waals surface area contributed by atoms with Crippen LogP contribution in [0.1, 0.15) is 23.2 Å². The molecule has 0 unspecified atom stereocenters. The van der Waals surface area contributed by atoms with E-state index in [4.69, 9.17) is 5.41 Å². The summed E-state index contributed by atoms with van der Waals surface area (Å²) in [7, 11) is 0. The fourth-order valence-electron chi connectivity index (χ4n) is 2.58. The van der Waals surface area contributed by atoms with Crippen LogP contribution in [0.25, 0.3) is 10.9 Å². The van der Waals surface area contributed by atoms with E-state index in [2.05, 4.69) is 26.3 Å². The summed E-state index contributed by atoms with van der Waals surface area (Å²) in [6.07, 6.45) is 2.04. The number of aromatic nitrogens is 2. The van der Waals surface area contributed by atoms with Crippen molar-refractivity contribution in [3.05, 3.63) is 59.3 Å². The van der Waals surface area contributed by atoms with E-state index in [1.54, 1.807) is 24.4 Å². The summed E-state index contributed by atoms with van der Waals surface area (Å²) in [5.41, 5.74) is 3.57. The molecule has 1 aromatic heterocycles. The van der Waals surface area contributed by atoms with E-state index in [1.165, 1.54) is 5.56 Å². The van der Waals surface area contributed by atoms with Crippen LogP contribution in [0.4, 0.5) is 5.95 Å². The lowest BCUT2D eigenvalue weighted by Crippen LogP contribution is -2.14. The molecular weight excluding hydrogens is 326 g/mol. The predicted octanol–water partition coefficient (Wildman–Crippen LogP) is 3.85. The van der Waals surface area contributed by atoms with E-state index in [0.29, 0.717) is 30.3 Å². The molecule has 0 aliphatic heterocycles. The highest BCUT2D eigenvalue weighted by atomic mass is 16.3. The molecule has 0 amide bonds. The third-order valence-corrected chi connectivity index (χ3v) is 3.96. The van der Waals surface area contributed by atoms with E-state index in [9.17, 15) is 5.11 Å². The Labute approximate surface area is 152 Å². The zero-order valence-corrected chi connectivity index (χ0v) is 14.8. The van der Waals surface area contributed by atoms with Crippen molar-refractivity contribution in [2.75, 3.05) is 11.9 Å². The molecule has 2 aromatic carbocycles. The Morgan fingerprint density at radius 2 is 2.00 bits per heavy atom. The van der Waals surface area contributed by atoms with Gasteiger partial charge in [-0.05, 0) is 38.1 Å². The molecule has 3 N–H and O–H groups in total. The molecule has 3 aromatic rings. The average Bonchev–Trinajstić information content (AvgIpc) is 2.61. The van der Waals surface area contributed by atoms with Crippen molar-refractivity contribution in [3.63, 3.8) is 0 Å². The molecule has 3 rings (SSSR count). The number of aliphatic imine (C=N–C) groups is 1. The Kier molecular flexibility index (Phi) is 5.22. The maximum atomic E-state index is 9.68. The van der Waals surface area contributed by atoms with Gasteiger partial charge in [0.1, 0.15) is 11.6 Å². The number of hydrogen-bond acceptors (Lipinski definition) is 5. The maximum absolute atomic E-state index is 9.68. The third-order valence-electron chi connectivity index (χ3n) is 3.96. The first-order valence-corrected chi connectivity index (χ1v) is 8.40. The highest BCUT2D eigenvalue weighted by molar-refractivity contribution is 5.93. The van der Waals surface area contributed by atoms with Gasteiger partial charge in [0.05, 0.1) is 11.2 Å². The van der Waals surface area contributed by atoms with Gasteiger partial charge in [-0.25, -0.2) is 9.97 Å². The van der Waals surface area contributed by atoms with E-state index >= 15 is 0 Å². The second kappa shape index (κ2) is 7.74. The fraction of sp³-hybridized carbons (Fsp3) is 0.200. The number of rotatable bonds is 5. The first-order chi connectivity index (χ1) is 12.5. The van der Waals surface area contributed by atoms with Gasteiger partial charge in [-0.2, -0.15) is 0 Å². The van der Waals surface area contributed by atoms with Crippen molar-refractivity contribution in [2.24, 2.45) is 4.99 Å². The number of benzene rings is 2. The summed E-state index contributed by atoms with van der Waals surface area (Å²) in [4.78, 5) is 13.2. The van der Waals surface area contributed by atoms with Gasteiger partial charge in [0.25, 0.3) is 0 Å². The first-order valence-electron chi connectivity index (χ1n) is 8.40. The highest BCUT2D eigenvalue weighted by Gasteiger charge is 2.06. The zero-order chi connectivity index (χ0) is 18.5. The summed E-state index contributed by atoms with van der Waals surface area (Å²) < 4.78 is 0. The number of hydrogen-bond donors (Lipinski definition) is 3. The molecule has 0 aliphatic carbocycles. The van der Waals surface area contributed by atoms with Crippen LogP contribution < -0.4 is 5.32 Å². The summed E-state index contributed by atoms with van der Waals surface area (Å²) >= 11 is 0. The minimum atomic E-state index is 0.194. The molecule has 6 heteroatoms. The number of phenolic OH excluding ortho intramolecular Hbond substituents is 1. The Morgan fingerprint density at radius 3 is 2.81 bits per heavy atom. The Morgan fingerprint density at radius 1 is 1.19 bits per heavy atom. The van der Waals surface area contributed by atoms with Gasteiger partial charge in [-0.1, -0.05) is 23.8 Å². The lowest BCUT2D eigenvalue weighted by molar-refractivity contribution is 0.474. The molecule has 0 atom stereocenters. The van der Waals surface area contributed by atoms with E-state index in [0.717, 1.165) is 16.6 Å². The van der Waals surface area contributed by atoms with E-state index in [-0.39, 0.29) is 5.75 Å². The van der Waals surface area contributed by atoms with Crippen LogP contribution in [0, 0.1) is 19.3 Å². The standard InChI is InChI=1S/C20H21N5O/c1-13-7-8-17-16(11-13)14(2)23-20(24-17)25-19(21)9-10-22-12-15-5-3-4-6-18(15)26/h3-8,11-12,26H,9-10H2,1-2H3,(H2,21,23,24,25)/b22-12+. The topological polar surface area (TPSA) is 94.2 Å². The number of fused-ring (bicyclic) bond motifs is 1. The number of aromatic hydroxyl groups is 1. The molecule has 0 saturated carbocycles. The number of amidine groups is 1. The van der Waals surface area contributed by atoms with Gasteiger partial charge in [0, 0.05) is 30.1 Å². The van der Waals surface area contributed by atoms with Crippen LogP contribution in [-0.4, -0.2) is 33.7 Å². The van der Waals surface area contributed by atoms with Gasteiger partial charge in [0.2, 0.25) is 5.95 Å². The van der Waals surface area contributed by atoms with Crippen LogP contribution >= 0.6 is 0 Å². The molecule has 1 heterocycles. The van der Waals surface area contributed by atoms with Gasteiger partial charge in [-0.3, -0.25) is 10.4 Å². The van der Waals surface area contributed by atoms with Crippen molar-refractivity contribution in [1.82, 2.24) is 9.97 Å². The van der Waals surface area contributed by atoms with Crippen LogP contribution in [0.2, 0.25) is 0 Å². The molecule has 0 bridgehead atoms. The summed E-state index contributed by atoms with van der Waals surface area (Å²) in [6.45, 7) is 4.41. The van der Waals surface area contributed by atoms with Gasteiger partial charge in [0.15, 0.2) is 0 Å². The highest BCUT2D eigenvalue weighted by Crippen LogP contribution is 2.18. The van der Waals surface area contributed by atoms with Crippen LogP contribution in [0.5, 0.6) is 5.75 Å². The molecule has 0 radical (unpaired) electrons. The van der Waals surface area contributed by atoms with Crippen molar-refractivity contribution >= 4 is 28.9 Å². The number of anilines is 1. The number of nitrogens with zero attached hydrogens (tertiary/aromatic N) is 3. The van der Waals surface area contributed by atoms with Crippen LogP contribution in [-0.2, 0) is 0 Å². The summed E-state index contributed by atoms with van der Waals surface area (Å²) in [6, 6.07) is 13.0. The summed E-state index contributed by atoms with van der Waals surface area (Å²) in [5.74, 6) is 0.915. The quantitative estimate of drug-likeness (QED) is 0.482. The first kappa shape index (κ1) is 17.5. The minimum Gasteiger partial charge on any atom is -0.507 e. The predicted molar refractivity (Wildman–Crippen MR) is 106 cm³/mol. The number of phenols is 1. The molecule has 132 valence electrons. The molecule has 6 nitrogen and oxygen atoms in total. The monoisotopic (exact) mass is 347 g/mol. The number of nitrogens with one attached hydrogen (secondary N) is 2. The SMILES string of the molecule is Cc1ccc2nc(NC(=N)CC/N=C/c3ccccc3O)nc(C)c2c1.